The largest absolute Gasteiger partial charge is 0.472 e. The molecule has 1 amide bonds. The minimum Gasteiger partial charge on any atom is -0.387 e. The first-order valence-electron chi connectivity index (χ1n) is 20.3. The van der Waals surface area contributed by atoms with Crippen molar-refractivity contribution in [1.29, 1.82) is 0 Å². The number of phosphoric ester groups is 1. The van der Waals surface area contributed by atoms with Crippen molar-refractivity contribution < 1.29 is 28.4 Å². The number of hydrogen-bond donors (Lipinski definition) is 4. The first-order chi connectivity index (χ1) is 23.4. The highest BCUT2D eigenvalue weighted by molar-refractivity contribution is 7.47. The number of hydrogen-bond acceptors (Lipinski definition) is 6. The molecule has 0 aliphatic heterocycles. The van der Waals surface area contributed by atoms with Gasteiger partial charge in [0.1, 0.15) is 0 Å². The molecule has 3 atom stereocenters. The third-order valence-corrected chi connectivity index (χ3v) is 10.1. The maximum absolute atomic E-state index is 12.7. The lowest BCUT2D eigenvalue weighted by atomic mass is 10.0. The number of aliphatic hydroxyl groups excluding tert-OH is 1. The van der Waals surface area contributed by atoms with Crippen LogP contribution in [0.3, 0.4) is 0 Å². The van der Waals surface area contributed by atoms with Gasteiger partial charge in [-0.1, -0.05) is 187 Å². The molecule has 0 aromatic carbocycles. The van der Waals surface area contributed by atoms with Gasteiger partial charge in [0.15, 0.2) is 0 Å². The molecule has 0 saturated carbocycles. The van der Waals surface area contributed by atoms with E-state index in [-0.39, 0.29) is 25.7 Å². The Morgan fingerprint density at radius 2 is 1.06 bits per heavy atom. The van der Waals surface area contributed by atoms with Gasteiger partial charge >= 0.3 is 7.82 Å². The lowest BCUT2D eigenvalue weighted by Crippen LogP contribution is -2.45. The molecule has 0 bridgehead atoms. The van der Waals surface area contributed by atoms with Gasteiger partial charge in [-0.3, -0.25) is 13.8 Å². The highest BCUT2D eigenvalue weighted by Crippen LogP contribution is 2.43. The molecular weight excluding hydrogens is 623 g/mol. The van der Waals surface area contributed by atoms with Crippen molar-refractivity contribution in [2.45, 2.75) is 212 Å². The summed E-state index contributed by atoms with van der Waals surface area (Å²) in [6, 6.07) is -0.852. The van der Waals surface area contributed by atoms with Gasteiger partial charge in [-0.25, -0.2) is 4.57 Å². The zero-order valence-electron chi connectivity index (χ0n) is 31.5. The van der Waals surface area contributed by atoms with E-state index in [2.05, 4.69) is 19.2 Å². The van der Waals surface area contributed by atoms with Crippen molar-refractivity contribution in [2.24, 2.45) is 5.73 Å². The molecule has 0 aliphatic carbocycles. The first-order valence-corrected chi connectivity index (χ1v) is 21.8. The van der Waals surface area contributed by atoms with Crippen molar-refractivity contribution in [1.82, 2.24) is 5.32 Å². The summed E-state index contributed by atoms with van der Waals surface area (Å²) >= 11 is 0. The summed E-state index contributed by atoms with van der Waals surface area (Å²) in [6.45, 7) is 4.10. The fourth-order valence-corrected chi connectivity index (χ4v) is 6.77. The fraction of sp³-hybridized carbons (Fsp3) is 0.923. The monoisotopic (exact) mass is 703 g/mol. The van der Waals surface area contributed by atoms with Crippen LogP contribution < -0.4 is 11.1 Å². The highest BCUT2D eigenvalue weighted by Gasteiger charge is 2.26. The fourth-order valence-electron chi connectivity index (χ4n) is 6.01. The summed E-state index contributed by atoms with van der Waals surface area (Å²) in [4.78, 5) is 22.6. The number of nitrogens with two attached hydrogens (primary N) is 1. The van der Waals surface area contributed by atoms with Gasteiger partial charge in [-0.2, -0.15) is 0 Å². The van der Waals surface area contributed by atoms with Crippen LogP contribution in [0.2, 0.25) is 0 Å². The van der Waals surface area contributed by atoms with Gasteiger partial charge in [-0.05, 0) is 19.3 Å². The SMILES string of the molecule is CCCCCCCC/C=C/C(O)C(COP(=O)(O)OCCN)NC(=O)CCCCCCCCCCCCCCCCCCCCCCC. The summed E-state index contributed by atoms with van der Waals surface area (Å²) in [5.74, 6) is -0.194. The van der Waals surface area contributed by atoms with E-state index in [9.17, 15) is 19.4 Å². The molecule has 48 heavy (non-hydrogen) atoms. The van der Waals surface area contributed by atoms with Crippen LogP contribution in [0.25, 0.3) is 0 Å². The topological polar surface area (TPSA) is 131 Å². The predicted molar refractivity (Wildman–Crippen MR) is 203 cm³/mol. The summed E-state index contributed by atoms with van der Waals surface area (Å²) < 4.78 is 22.0. The number of carbonyl (C=O) groups is 1. The minimum atomic E-state index is -4.32. The van der Waals surface area contributed by atoms with Crippen LogP contribution in [-0.4, -0.2) is 47.8 Å². The zero-order chi connectivity index (χ0) is 35.4. The van der Waals surface area contributed by atoms with Crippen LogP contribution in [0, 0.1) is 0 Å². The van der Waals surface area contributed by atoms with Crippen molar-refractivity contribution in [3.05, 3.63) is 12.2 Å². The summed E-state index contributed by atoms with van der Waals surface area (Å²) in [6.07, 6.45) is 38.5. The van der Waals surface area contributed by atoms with Crippen molar-refractivity contribution >= 4 is 13.7 Å². The molecule has 0 rings (SSSR count). The van der Waals surface area contributed by atoms with E-state index < -0.39 is 20.0 Å². The van der Waals surface area contributed by atoms with Gasteiger partial charge < -0.3 is 21.1 Å². The second-order valence-electron chi connectivity index (χ2n) is 13.9. The van der Waals surface area contributed by atoms with Crippen LogP contribution in [0.4, 0.5) is 0 Å². The molecule has 0 saturated heterocycles. The Kier molecular flexibility index (Phi) is 35.5. The molecule has 0 heterocycles. The maximum Gasteiger partial charge on any atom is 0.472 e. The Hall–Kier alpha value is -0.760. The molecule has 8 nitrogen and oxygen atoms in total. The first kappa shape index (κ1) is 47.2. The molecule has 0 aromatic rings. The number of carbonyl (C=O) groups excluding carboxylic acids is 1. The number of nitrogens with one attached hydrogen (secondary N) is 1. The standard InChI is InChI=1S/C39H79N2O6P/c1-3-5-7-9-11-13-14-15-16-17-18-19-20-21-22-23-24-25-27-29-31-33-39(43)41-37(36-47-48(44,45)46-35-34-40)38(42)32-30-28-26-12-10-8-6-4-2/h30,32,37-38,42H,3-29,31,33-36,40H2,1-2H3,(H,41,43)(H,44,45)/b32-30+. The van der Waals surface area contributed by atoms with Crippen molar-refractivity contribution in [2.75, 3.05) is 19.8 Å². The Bertz CT molecular complexity index is 769. The number of unbranched alkanes of at least 4 members (excludes halogenated alkanes) is 26. The van der Waals surface area contributed by atoms with Gasteiger partial charge in [-0.15, -0.1) is 0 Å². The number of rotatable bonds is 38. The lowest BCUT2D eigenvalue weighted by Gasteiger charge is -2.23. The normalized spacial score (nSPS) is 14.4. The smallest absolute Gasteiger partial charge is 0.387 e. The maximum atomic E-state index is 12.7. The third-order valence-electron chi connectivity index (χ3n) is 9.11. The van der Waals surface area contributed by atoms with Crippen LogP contribution in [0.5, 0.6) is 0 Å². The number of allylic oxidation sites excluding steroid dienone is 1. The molecular formula is C39H79N2O6P. The second kappa shape index (κ2) is 36.0. The molecule has 0 fully saturated rings. The Balaban J connectivity index is 4.02. The van der Waals surface area contributed by atoms with E-state index in [1.54, 1.807) is 6.08 Å². The van der Waals surface area contributed by atoms with E-state index in [0.717, 1.165) is 38.5 Å². The Labute approximate surface area is 296 Å². The van der Waals surface area contributed by atoms with Crippen molar-refractivity contribution in [3.8, 4) is 0 Å². The summed E-state index contributed by atoms with van der Waals surface area (Å²) in [5, 5.41) is 13.5. The van der Waals surface area contributed by atoms with E-state index in [1.807, 2.05) is 6.08 Å². The number of amides is 1. The Morgan fingerprint density at radius 1 is 0.667 bits per heavy atom. The third kappa shape index (κ3) is 33.7. The Morgan fingerprint density at radius 3 is 1.48 bits per heavy atom. The number of phosphoric acid groups is 1. The van der Waals surface area contributed by atoms with E-state index in [0.29, 0.717) is 6.42 Å². The van der Waals surface area contributed by atoms with E-state index in [4.69, 9.17) is 14.8 Å². The molecule has 0 spiro atoms. The van der Waals surface area contributed by atoms with Gasteiger partial charge in [0.2, 0.25) is 5.91 Å². The molecule has 0 aliphatic rings. The summed E-state index contributed by atoms with van der Waals surface area (Å²) in [5.41, 5.74) is 5.35. The van der Waals surface area contributed by atoms with E-state index >= 15 is 0 Å². The van der Waals surface area contributed by atoms with Crippen LogP contribution in [0.1, 0.15) is 200 Å². The zero-order valence-corrected chi connectivity index (χ0v) is 32.4. The van der Waals surface area contributed by atoms with Crippen molar-refractivity contribution in [3.63, 3.8) is 0 Å². The minimum absolute atomic E-state index is 0.0807. The highest BCUT2D eigenvalue weighted by atomic mass is 31.2. The van der Waals surface area contributed by atoms with Crippen LogP contribution in [0.15, 0.2) is 12.2 Å². The average molecular weight is 703 g/mol. The van der Waals surface area contributed by atoms with E-state index in [1.165, 1.54) is 141 Å². The predicted octanol–water partition coefficient (Wildman–Crippen LogP) is 10.8. The lowest BCUT2D eigenvalue weighted by molar-refractivity contribution is -0.123. The summed E-state index contributed by atoms with van der Waals surface area (Å²) in [7, 11) is -4.32. The molecule has 0 aromatic heterocycles. The molecule has 3 unspecified atom stereocenters. The quantitative estimate of drug-likeness (QED) is 0.0286. The van der Waals surface area contributed by atoms with Gasteiger partial charge in [0, 0.05) is 13.0 Å². The van der Waals surface area contributed by atoms with Crippen LogP contribution in [-0.2, 0) is 18.4 Å². The molecule has 286 valence electrons. The number of aliphatic hydroxyl groups is 1. The van der Waals surface area contributed by atoms with Crippen LogP contribution >= 0.6 is 7.82 Å². The molecule has 5 N–H and O–H groups in total. The average Bonchev–Trinajstić information content (AvgIpc) is 3.07. The molecule has 9 heteroatoms. The molecule has 0 radical (unpaired) electrons. The van der Waals surface area contributed by atoms with Gasteiger partial charge in [0.05, 0.1) is 25.4 Å². The van der Waals surface area contributed by atoms with Gasteiger partial charge in [0.25, 0.3) is 0 Å². The second-order valence-corrected chi connectivity index (χ2v) is 15.3.